The van der Waals surface area contributed by atoms with Crippen molar-refractivity contribution >= 4 is 8.60 Å². The predicted octanol–water partition coefficient (Wildman–Crippen LogP) is -0.710. The number of rotatable bonds is 18. The fraction of sp³-hybridized carbons (Fsp3) is 1.00. The van der Waals surface area contributed by atoms with Crippen molar-refractivity contribution in [1.29, 1.82) is 0 Å². The second-order valence-corrected chi connectivity index (χ2v) is 4.95. The predicted molar refractivity (Wildman–Crippen MR) is 78.5 cm³/mol. The fourth-order valence-corrected chi connectivity index (χ4v) is 2.02. The standard InChI is InChI=1S/C12H27O9P/c13-1-4-16-7-10-19-22(20-11-8-17-5-2-14)21-12-9-18-6-3-15/h13-15H,1-12H2. The van der Waals surface area contributed by atoms with E-state index in [1.807, 2.05) is 0 Å². The van der Waals surface area contributed by atoms with Crippen LogP contribution in [0.25, 0.3) is 0 Å². The molecular formula is C12H27O9P. The Morgan fingerprint density at radius 1 is 0.455 bits per heavy atom. The summed E-state index contributed by atoms with van der Waals surface area (Å²) in [6, 6.07) is 0. The number of aliphatic hydroxyl groups excluding tert-OH is 3. The van der Waals surface area contributed by atoms with Crippen LogP contribution in [0.15, 0.2) is 0 Å². The first-order chi connectivity index (χ1) is 10.8. The molecule has 134 valence electrons. The molecule has 0 heterocycles. The molecule has 0 aromatic carbocycles. The highest BCUT2D eigenvalue weighted by molar-refractivity contribution is 7.41. The fourth-order valence-electron chi connectivity index (χ4n) is 1.12. The quantitative estimate of drug-likeness (QED) is 0.219. The summed E-state index contributed by atoms with van der Waals surface area (Å²) in [5, 5.41) is 25.7. The molecule has 0 saturated carbocycles. The van der Waals surface area contributed by atoms with E-state index in [2.05, 4.69) is 0 Å². The van der Waals surface area contributed by atoms with Crippen molar-refractivity contribution in [3.63, 3.8) is 0 Å². The second-order valence-electron chi connectivity index (χ2n) is 3.73. The van der Waals surface area contributed by atoms with E-state index in [-0.39, 0.29) is 59.5 Å². The minimum atomic E-state index is -1.55. The topological polar surface area (TPSA) is 116 Å². The van der Waals surface area contributed by atoms with Gasteiger partial charge in [-0.2, -0.15) is 0 Å². The van der Waals surface area contributed by atoms with E-state index in [4.69, 9.17) is 43.1 Å². The Kier molecular flexibility index (Phi) is 19.2. The Morgan fingerprint density at radius 2 is 0.773 bits per heavy atom. The zero-order valence-corrected chi connectivity index (χ0v) is 13.6. The van der Waals surface area contributed by atoms with Gasteiger partial charge in [-0.25, -0.2) is 0 Å². The van der Waals surface area contributed by atoms with Crippen molar-refractivity contribution in [2.24, 2.45) is 0 Å². The molecule has 0 amide bonds. The molecule has 0 spiro atoms. The molecule has 0 aliphatic rings. The van der Waals surface area contributed by atoms with Crippen molar-refractivity contribution in [2.75, 3.05) is 79.3 Å². The molecule has 0 saturated heterocycles. The summed E-state index contributed by atoms with van der Waals surface area (Å²) in [5.41, 5.74) is 0. The van der Waals surface area contributed by atoms with Gasteiger partial charge in [0.05, 0.1) is 79.3 Å². The number of hydrogen-bond donors (Lipinski definition) is 3. The third kappa shape index (κ3) is 16.4. The van der Waals surface area contributed by atoms with Crippen LogP contribution in [-0.4, -0.2) is 94.6 Å². The van der Waals surface area contributed by atoms with E-state index < -0.39 is 8.60 Å². The normalized spacial score (nSPS) is 11.5. The minimum Gasteiger partial charge on any atom is -0.394 e. The Bertz CT molecular complexity index is 178. The molecule has 0 atom stereocenters. The van der Waals surface area contributed by atoms with Gasteiger partial charge < -0.3 is 43.1 Å². The maximum atomic E-state index is 8.57. The second kappa shape index (κ2) is 19.1. The van der Waals surface area contributed by atoms with Crippen LogP contribution in [0, 0.1) is 0 Å². The van der Waals surface area contributed by atoms with Crippen LogP contribution in [0.3, 0.4) is 0 Å². The van der Waals surface area contributed by atoms with Gasteiger partial charge in [0.15, 0.2) is 0 Å². The average molecular weight is 346 g/mol. The number of aliphatic hydroxyl groups is 3. The van der Waals surface area contributed by atoms with Gasteiger partial charge in [-0.1, -0.05) is 0 Å². The zero-order chi connectivity index (χ0) is 16.3. The third-order valence-corrected chi connectivity index (χ3v) is 3.16. The molecule has 0 fully saturated rings. The molecule has 0 radical (unpaired) electrons. The molecule has 0 rings (SSSR count). The van der Waals surface area contributed by atoms with Gasteiger partial charge in [-0.15, -0.1) is 0 Å². The highest BCUT2D eigenvalue weighted by atomic mass is 31.2. The SMILES string of the molecule is OCCOCCOP(OCCOCCO)OCCOCCO. The molecule has 9 nitrogen and oxygen atoms in total. The van der Waals surface area contributed by atoms with Gasteiger partial charge in [0, 0.05) is 0 Å². The lowest BCUT2D eigenvalue weighted by atomic mass is 10.7. The maximum Gasteiger partial charge on any atom is 0.332 e. The van der Waals surface area contributed by atoms with E-state index in [1.165, 1.54) is 0 Å². The van der Waals surface area contributed by atoms with Gasteiger partial charge in [0.25, 0.3) is 0 Å². The van der Waals surface area contributed by atoms with Crippen molar-refractivity contribution in [1.82, 2.24) is 0 Å². The number of ether oxygens (including phenoxy) is 3. The summed E-state index contributed by atoms with van der Waals surface area (Å²) in [7, 11) is -1.55. The summed E-state index contributed by atoms with van der Waals surface area (Å²) in [6.45, 7) is 2.48. The monoisotopic (exact) mass is 346 g/mol. The van der Waals surface area contributed by atoms with Gasteiger partial charge in [-0.3, -0.25) is 0 Å². The van der Waals surface area contributed by atoms with Crippen LogP contribution in [0.1, 0.15) is 0 Å². The molecule has 0 unspecified atom stereocenters. The summed E-state index contributed by atoms with van der Waals surface area (Å²) in [6.07, 6.45) is 0. The Hall–Kier alpha value is 0.0700. The summed E-state index contributed by atoms with van der Waals surface area (Å²) in [5.74, 6) is 0. The highest BCUT2D eigenvalue weighted by Gasteiger charge is 2.12. The first-order valence-corrected chi connectivity index (χ1v) is 8.19. The average Bonchev–Trinajstić information content (AvgIpc) is 2.53. The smallest absolute Gasteiger partial charge is 0.332 e. The van der Waals surface area contributed by atoms with Crippen LogP contribution in [-0.2, 0) is 27.8 Å². The Morgan fingerprint density at radius 3 is 1.05 bits per heavy atom. The van der Waals surface area contributed by atoms with Crippen molar-refractivity contribution < 1.29 is 43.1 Å². The summed E-state index contributed by atoms with van der Waals surface area (Å²) >= 11 is 0. The number of hydrogen-bond acceptors (Lipinski definition) is 9. The molecule has 3 N–H and O–H groups in total. The highest BCUT2D eigenvalue weighted by Crippen LogP contribution is 2.39. The largest absolute Gasteiger partial charge is 0.394 e. The van der Waals surface area contributed by atoms with Crippen LogP contribution in [0.2, 0.25) is 0 Å². The first-order valence-electron chi connectivity index (χ1n) is 7.09. The third-order valence-electron chi connectivity index (χ3n) is 1.98. The van der Waals surface area contributed by atoms with Crippen molar-refractivity contribution in [3.05, 3.63) is 0 Å². The molecule has 0 aromatic heterocycles. The molecule has 10 heteroatoms. The Balaban J connectivity index is 3.72. The van der Waals surface area contributed by atoms with Crippen LogP contribution in [0.4, 0.5) is 0 Å². The van der Waals surface area contributed by atoms with E-state index in [0.29, 0.717) is 19.8 Å². The summed E-state index contributed by atoms with van der Waals surface area (Å²) in [4.78, 5) is 0. The molecule has 0 aliphatic heterocycles. The van der Waals surface area contributed by atoms with Crippen molar-refractivity contribution in [3.8, 4) is 0 Å². The lowest BCUT2D eigenvalue weighted by Crippen LogP contribution is -2.11. The van der Waals surface area contributed by atoms with E-state index in [0.717, 1.165) is 0 Å². The van der Waals surface area contributed by atoms with Gasteiger partial charge >= 0.3 is 8.60 Å². The van der Waals surface area contributed by atoms with Gasteiger partial charge in [0.1, 0.15) is 0 Å². The van der Waals surface area contributed by atoms with E-state index in [9.17, 15) is 0 Å². The molecule has 0 aromatic rings. The maximum absolute atomic E-state index is 8.57. The Labute approximate surface area is 132 Å². The molecule has 0 aliphatic carbocycles. The van der Waals surface area contributed by atoms with Crippen LogP contribution < -0.4 is 0 Å². The van der Waals surface area contributed by atoms with Gasteiger partial charge in [0.2, 0.25) is 0 Å². The first kappa shape index (κ1) is 22.1. The zero-order valence-electron chi connectivity index (χ0n) is 12.7. The lowest BCUT2D eigenvalue weighted by molar-refractivity contribution is 0.0364. The van der Waals surface area contributed by atoms with Crippen LogP contribution >= 0.6 is 8.60 Å². The molecule has 22 heavy (non-hydrogen) atoms. The van der Waals surface area contributed by atoms with Crippen LogP contribution in [0.5, 0.6) is 0 Å². The minimum absolute atomic E-state index is 0.0356. The van der Waals surface area contributed by atoms with E-state index >= 15 is 0 Å². The van der Waals surface area contributed by atoms with E-state index in [1.54, 1.807) is 0 Å². The van der Waals surface area contributed by atoms with Gasteiger partial charge in [-0.05, 0) is 0 Å². The molecule has 0 bridgehead atoms. The lowest BCUT2D eigenvalue weighted by Gasteiger charge is -2.17. The molecular weight excluding hydrogens is 319 g/mol. The van der Waals surface area contributed by atoms with Crippen molar-refractivity contribution in [2.45, 2.75) is 0 Å². The summed E-state index contributed by atoms with van der Waals surface area (Å²) < 4.78 is 31.4.